The van der Waals surface area contributed by atoms with Gasteiger partial charge in [0.2, 0.25) is 0 Å². The minimum absolute atomic E-state index is 0.505. The number of pyridine rings is 1. The summed E-state index contributed by atoms with van der Waals surface area (Å²) < 4.78 is 0. The van der Waals surface area contributed by atoms with Gasteiger partial charge in [0, 0.05) is 27.6 Å². The lowest BCUT2D eigenvalue weighted by molar-refractivity contribution is 0.799. The van der Waals surface area contributed by atoms with E-state index in [1.165, 1.54) is 38.8 Å². The molecule has 4 nitrogen and oxygen atoms in total. The molecule has 0 saturated heterocycles. The molecule has 0 bridgehead atoms. The average Bonchev–Trinajstić information content (AvgIpc) is 3.68. The molecule has 4 heteroatoms. The van der Waals surface area contributed by atoms with Crippen LogP contribution in [-0.2, 0) is 5.41 Å². The highest BCUT2D eigenvalue weighted by atomic mass is 15.0. The highest BCUT2D eigenvalue weighted by Gasteiger charge is 2.53. The maximum atomic E-state index is 5.62. The molecule has 0 saturated carbocycles. The summed E-state index contributed by atoms with van der Waals surface area (Å²) in [4.78, 5) is 21.1. The van der Waals surface area contributed by atoms with Gasteiger partial charge in [-0.05, 0) is 50.0 Å². The van der Waals surface area contributed by atoms with E-state index in [0.29, 0.717) is 17.5 Å². The minimum atomic E-state index is -0.505. The largest absolute Gasteiger partial charge is 0.243 e. The van der Waals surface area contributed by atoms with Crippen molar-refractivity contribution in [3.05, 3.63) is 192 Å². The fourth-order valence-electron chi connectivity index (χ4n) is 8.61. The number of benzene rings is 7. The molecule has 0 N–H and O–H groups in total. The predicted octanol–water partition coefficient (Wildman–Crippen LogP) is 10.9. The lowest BCUT2D eigenvalue weighted by Gasteiger charge is -2.31. The van der Waals surface area contributed by atoms with E-state index in [4.69, 9.17) is 19.9 Å². The van der Waals surface area contributed by atoms with Gasteiger partial charge < -0.3 is 0 Å². The van der Waals surface area contributed by atoms with Gasteiger partial charge >= 0.3 is 0 Å². The maximum absolute atomic E-state index is 5.62. The van der Waals surface area contributed by atoms with Crippen LogP contribution in [0.4, 0.5) is 0 Å². The number of aromatic nitrogens is 4. The Kier molecular flexibility index (Phi) is 5.84. The van der Waals surface area contributed by atoms with Gasteiger partial charge in [-0.1, -0.05) is 164 Å². The third-order valence-corrected chi connectivity index (χ3v) is 10.7. The zero-order valence-corrected chi connectivity index (χ0v) is 27.5. The van der Waals surface area contributed by atoms with Crippen LogP contribution >= 0.6 is 0 Å². The van der Waals surface area contributed by atoms with E-state index in [0.717, 1.165) is 44.2 Å². The molecule has 9 aromatic rings. The summed E-state index contributed by atoms with van der Waals surface area (Å²) in [6, 6.07) is 60.1. The third kappa shape index (κ3) is 3.90. The molecule has 0 radical (unpaired) electrons. The van der Waals surface area contributed by atoms with Crippen molar-refractivity contribution in [2.45, 2.75) is 5.41 Å². The monoisotopic (exact) mass is 648 g/mol. The van der Waals surface area contributed by atoms with Crippen LogP contribution in [0.3, 0.4) is 0 Å². The molecular formula is C47H28N4. The van der Waals surface area contributed by atoms with Crippen molar-refractivity contribution in [3.63, 3.8) is 0 Å². The van der Waals surface area contributed by atoms with E-state index in [1.54, 1.807) is 0 Å². The van der Waals surface area contributed by atoms with Crippen LogP contribution in [0.1, 0.15) is 22.3 Å². The fourth-order valence-corrected chi connectivity index (χ4v) is 8.61. The first-order valence-corrected chi connectivity index (χ1v) is 17.3. The number of rotatable bonds is 3. The summed E-state index contributed by atoms with van der Waals surface area (Å²) in [6.45, 7) is 0. The summed E-state index contributed by atoms with van der Waals surface area (Å²) in [6.07, 6.45) is 0. The van der Waals surface area contributed by atoms with Crippen molar-refractivity contribution < 1.29 is 0 Å². The van der Waals surface area contributed by atoms with Crippen LogP contribution < -0.4 is 0 Å². The normalized spacial score (nSPS) is 13.3. The molecule has 0 unspecified atom stereocenters. The first kappa shape index (κ1) is 28.1. The molecule has 236 valence electrons. The van der Waals surface area contributed by atoms with E-state index in [9.17, 15) is 0 Å². The van der Waals surface area contributed by atoms with E-state index >= 15 is 0 Å². The van der Waals surface area contributed by atoms with Crippen molar-refractivity contribution >= 4 is 21.5 Å². The summed E-state index contributed by atoms with van der Waals surface area (Å²) in [5.41, 5.74) is 11.8. The first-order chi connectivity index (χ1) is 25.3. The Bertz CT molecular complexity index is 2830. The average molecular weight is 649 g/mol. The SMILES string of the molecule is c1ccc(-c2nc(-c3ccc4ccccc4c3)nc(-c3nc4c(c5ccccc35)C3(c5ccccc5-c5ccccc53)c3ccccc3-4)n2)cc1. The van der Waals surface area contributed by atoms with Gasteiger partial charge in [0.1, 0.15) is 5.69 Å². The fraction of sp³-hybridized carbons (Fsp3) is 0.0213. The number of hydrogen-bond donors (Lipinski definition) is 0. The zero-order valence-electron chi connectivity index (χ0n) is 27.5. The summed E-state index contributed by atoms with van der Waals surface area (Å²) in [7, 11) is 0. The molecule has 0 atom stereocenters. The lowest BCUT2D eigenvalue weighted by atomic mass is 9.69. The van der Waals surface area contributed by atoms with Crippen molar-refractivity contribution in [1.29, 1.82) is 0 Å². The van der Waals surface area contributed by atoms with Crippen molar-refractivity contribution in [2.75, 3.05) is 0 Å². The summed E-state index contributed by atoms with van der Waals surface area (Å²) in [5, 5.41) is 4.47. The molecule has 2 aliphatic carbocycles. The van der Waals surface area contributed by atoms with Crippen LogP contribution in [0.15, 0.2) is 170 Å². The van der Waals surface area contributed by atoms with Gasteiger partial charge in [0.05, 0.1) is 11.1 Å². The van der Waals surface area contributed by atoms with Gasteiger partial charge in [-0.2, -0.15) is 0 Å². The molecule has 2 aliphatic rings. The zero-order chi connectivity index (χ0) is 33.5. The third-order valence-electron chi connectivity index (χ3n) is 10.7. The molecule has 1 spiro atoms. The van der Waals surface area contributed by atoms with Crippen molar-refractivity contribution in [2.24, 2.45) is 0 Å². The Labute approximate surface area is 294 Å². The van der Waals surface area contributed by atoms with Crippen LogP contribution in [-0.4, -0.2) is 19.9 Å². The van der Waals surface area contributed by atoms with Crippen LogP contribution in [0.2, 0.25) is 0 Å². The predicted molar refractivity (Wildman–Crippen MR) is 205 cm³/mol. The van der Waals surface area contributed by atoms with E-state index in [1.807, 2.05) is 30.3 Å². The summed E-state index contributed by atoms with van der Waals surface area (Å²) >= 11 is 0. The van der Waals surface area contributed by atoms with Gasteiger partial charge in [0.15, 0.2) is 17.5 Å². The number of fused-ring (bicyclic) bond motifs is 13. The molecular weight excluding hydrogens is 621 g/mol. The molecule has 0 amide bonds. The Hall–Kier alpha value is -6.78. The van der Waals surface area contributed by atoms with Crippen molar-refractivity contribution in [3.8, 4) is 56.7 Å². The Morgan fingerprint density at radius 2 is 0.863 bits per heavy atom. The number of hydrogen-bond acceptors (Lipinski definition) is 4. The minimum Gasteiger partial charge on any atom is -0.243 e. The second-order valence-electron chi connectivity index (χ2n) is 13.4. The van der Waals surface area contributed by atoms with Crippen LogP contribution in [0, 0.1) is 0 Å². The molecule has 2 aromatic heterocycles. The standard InChI is InChI=1S/C47H28N4/c1-2-15-30(16-3-1)44-49-45(32-27-26-29-14-4-5-17-31(29)28-32)51-46(50-44)43-36-21-7-6-20-35(36)41-42(48-43)37-22-10-13-25-40(37)47(41)38-23-11-8-18-33(38)34-19-9-12-24-39(34)47/h1-28H. The lowest BCUT2D eigenvalue weighted by Crippen LogP contribution is -2.26. The topological polar surface area (TPSA) is 51.6 Å². The van der Waals surface area contributed by atoms with Gasteiger partial charge in [-0.15, -0.1) is 0 Å². The molecule has 2 heterocycles. The second kappa shape index (κ2) is 10.6. The summed E-state index contributed by atoms with van der Waals surface area (Å²) in [5.74, 6) is 1.79. The van der Waals surface area contributed by atoms with Crippen LogP contribution in [0.25, 0.3) is 78.2 Å². The van der Waals surface area contributed by atoms with Crippen LogP contribution in [0.5, 0.6) is 0 Å². The van der Waals surface area contributed by atoms with E-state index < -0.39 is 5.41 Å². The number of nitrogens with zero attached hydrogens (tertiary/aromatic N) is 4. The van der Waals surface area contributed by atoms with E-state index in [2.05, 4.69) is 140 Å². The Morgan fingerprint density at radius 1 is 0.333 bits per heavy atom. The Balaban J connectivity index is 1.23. The van der Waals surface area contributed by atoms with Gasteiger partial charge in [-0.3, -0.25) is 0 Å². The quantitative estimate of drug-likeness (QED) is 0.191. The maximum Gasteiger partial charge on any atom is 0.183 e. The second-order valence-corrected chi connectivity index (χ2v) is 13.4. The molecule has 51 heavy (non-hydrogen) atoms. The first-order valence-electron chi connectivity index (χ1n) is 17.3. The molecule has 0 fully saturated rings. The highest BCUT2D eigenvalue weighted by Crippen LogP contribution is 2.63. The smallest absolute Gasteiger partial charge is 0.183 e. The highest BCUT2D eigenvalue weighted by molar-refractivity contribution is 6.06. The van der Waals surface area contributed by atoms with E-state index in [-0.39, 0.29) is 0 Å². The van der Waals surface area contributed by atoms with Gasteiger partial charge in [-0.25, -0.2) is 19.9 Å². The molecule has 0 aliphatic heterocycles. The Morgan fingerprint density at radius 3 is 1.59 bits per heavy atom. The van der Waals surface area contributed by atoms with Gasteiger partial charge in [0.25, 0.3) is 0 Å². The molecule has 11 rings (SSSR count). The molecule has 7 aromatic carbocycles. The van der Waals surface area contributed by atoms with Crippen molar-refractivity contribution in [1.82, 2.24) is 19.9 Å².